The standard InChI is InChI=1S/C23H30N2O3S/c1-4-5-6-7-8-9-11-16-14-17-22(24-15-20(26)25-23(17)29-16)21-18(27-2)12-10-13-19(21)28-3/h10,12-14H,4-9,11,15H2,1-3H3,(H,25,26). The molecule has 1 aliphatic rings. The Kier molecular flexibility index (Phi) is 7.69. The zero-order valence-electron chi connectivity index (χ0n) is 17.5. The average molecular weight is 415 g/mol. The first-order chi connectivity index (χ1) is 14.2. The van der Waals surface area contributed by atoms with Gasteiger partial charge in [-0.05, 0) is 31.0 Å². The zero-order valence-corrected chi connectivity index (χ0v) is 18.4. The predicted octanol–water partition coefficient (Wildman–Crippen LogP) is 5.46. The highest BCUT2D eigenvalue weighted by Crippen LogP contribution is 2.38. The van der Waals surface area contributed by atoms with Gasteiger partial charge in [0, 0.05) is 10.4 Å². The maximum atomic E-state index is 12.2. The number of aliphatic imine (C=N–C) groups is 1. The molecule has 0 radical (unpaired) electrons. The van der Waals surface area contributed by atoms with E-state index >= 15 is 0 Å². The Hall–Kier alpha value is -2.34. The summed E-state index contributed by atoms with van der Waals surface area (Å²) in [5.74, 6) is 1.28. The van der Waals surface area contributed by atoms with Gasteiger partial charge < -0.3 is 14.8 Å². The first kappa shape index (κ1) is 21.4. The van der Waals surface area contributed by atoms with Crippen LogP contribution in [0.15, 0.2) is 29.3 Å². The van der Waals surface area contributed by atoms with Crippen LogP contribution in [0.3, 0.4) is 0 Å². The molecular formula is C23H30N2O3S. The number of aryl methyl sites for hydroxylation is 1. The van der Waals surface area contributed by atoms with Gasteiger partial charge in [-0.3, -0.25) is 9.79 Å². The van der Waals surface area contributed by atoms with E-state index < -0.39 is 0 Å². The lowest BCUT2D eigenvalue weighted by atomic mass is 10.0. The molecule has 0 fully saturated rings. The van der Waals surface area contributed by atoms with Gasteiger partial charge in [0.15, 0.2) is 0 Å². The number of amides is 1. The Balaban J connectivity index is 1.87. The van der Waals surface area contributed by atoms with Crippen LogP contribution < -0.4 is 14.8 Å². The van der Waals surface area contributed by atoms with Gasteiger partial charge in [0.2, 0.25) is 5.91 Å². The van der Waals surface area contributed by atoms with E-state index in [-0.39, 0.29) is 12.5 Å². The van der Waals surface area contributed by atoms with Crippen LogP contribution in [0.2, 0.25) is 0 Å². The fourth-order valence-electron chi connectivity index (χ4n) is 3.61. The number of ether oxygens (including phenoxy) is 2. The summed E-state index contributed by atoms with van der Waals surface area (Å²) in [7, 11) is 3.27. The van der Waals surface area contributed by atoms with Crippen LogP contribution in [0.5, 0.6) is 11.5 Å². The number of carbonyl (C=O) groups is 1. The third kappa shape index (κ3) is 5.18. The van der Waals surface area contributed by atoms with Crippen molar-refractivity contribution in [3.05, 3.63) is 40.3 Å². The molecule has 3 rings (SSSR count). The van der Waals surface area contributed by atoms with Gasteiger partial charge in [-0.25, -0.2) is 0 Å². The molecule has 1 N–H and O–H groups in total. The van der Waals surface area contributed by atoms with E-state index in [9.17, 15) is 4.79 Å². The maximum absolute atomic E-state index is 12.2. The molecule has 0 unspecified atom stereocenters. The van der Waals surface area contributed by atoms with Crippen molar-refractivity contribution < 1.29 is 14.3 Å². The van der Waals surface area contributed by atoms with Crippen LogP contribution in [0.25, 0.3) is 0 Å². The molecule has 1 amide bonds. The summed E-state index contributed by atoms with van der Waals surface area (Å²) in [5, 5.41) is 3.88. The number of anilines is 1. The number of carbonyl (C=O) groups excluding carboxylic acids is 1. The number of unbranched alkanes of at least 4 members (excludes halogenated alkanes) is 5. The normalized spacial score (nSPS) is 13.3. The smallest absolute Gasteiger partial charge is 0.246 e. The van der Waals surface area contributed by atoms with Crippen LogP contribution in [0.4, 0.5) is 5.00 Å². The number of nitrogens with zero attached hydrogens (tertiary/aromatic N) is 1. The molecule has 1 aromatic heterocycles. The minimum atomic E-state index is -0.0944. The molecule has 29 heavy (non-hydrogen) atoms. The van der Waals surface area contributed by atoms with E-state index in [0.717, 1.165) is 28.3 Å². The van der Waals surface area contributed by atoms with Crippen LogP contribution in [0.1, 0.15) is 61.5 Å². The largest absolute Gasteiger partial charge is 0.496 e. The lowest BCUT2D eigenvalue weighted by molar-refractivity contribution is -0.114. The van der Waals surface area contributed by atoms with Crippen molar-refractivity contribution in [3.8, 4) is 11.5 Å². The summed E-state index contributed by atoms with van der Waals surface area (Å²) in [4.78, 5) is 18.1. The number of nitrogens with one attached hydrogen (secondary N) is 1. The first-order valence-electron chi connectivity index (χ1n) is 10.4. The third-order valence-electron chi connectivity index (χ3n) is 5.11. The van der Waals surface area contributed by atoms with Gasteiger partial charge in [0.05, 0.1) is 25.5 Å². The van der Waals surface area contributed by atoms with Crippen molar-refractivity contribution >= 4 is 28.0 Å². The highest BCUT2D eigenvalue weighted by Gasteiger charge is 2.25. The molecule has 156 valence electrons. The Morgan fingerprint density at radius 3 is 2.45 bits per heavy atom. The molecule has 0 saturated carbocycles. The summed E-state index contributed by atoms with van der Waals surface area (Å²) < 4.78 is 11.2. The molecule has 0 bridgehead atoms. The fourth-order valence-corrected chi connectivity index (χ4v) is 4.73. The van der Waals surface area contributed by atoms with E-state index in [1.807, 2.05) is 18.2 Å². The minimum Gasteiger partial charge on any atom is -0.496 e. The highest BCUT2D eigenvalue weighted by molar-refractivity contribution is 7.16. The van der Waals surface area contributed by atoms with Gasteiger partial charge in [0.25, 0.3) is 0 Å². The van der Waals surface area contributed by atoms with Crippen molar-refractivity contribution in [2.45, 2.75) is 51.9 Å². The van der Waals surface area contributed by atoms with Crippen molar-refractivity contribution in [2.75, 3.05) is 26.1 Å². The number of thiophene rings is 1. The monoisotopic (exact) mass is 414 g/mol. The van der Waals surface area contributed by atoms with Crippen LogP contribution in [-0.4, -0.2) is 32.4 Å². The molecule has 2 aromatic rings. The molecule has 1 aliphatic heterocycles. The van der Waals surface area contributed by atoms with Gasteiger partial charge in [-0.1, -0.05) is 45.1 Å². The molecule has 0 saturated heterocycles. The Bertz CT molecular complexity index is 851. The second-order valence-electron chi connectivity index (χ2n) is 7.22. The van der Waals surface area contributed by atoms with Crippen molar-refractivity contribution in [2.24, 2.45) is 4.99 Å². The van der Waals surface area contributed by atoms with Gasteiger partial charge >= 0.3 is 0 Å². The van der Waals surface area contributed by atoms with Crippen molar-refractivity contribution in [1.82, 2.24) is 0 Å². The summed E-state index contributed by atoms with van der Waals surface area (Å²) >= 11 is 1.65. The second-order valence-corrected chi connectivity index (χ2v) is 8.36. The van der Waals surface area contributed by atoms with Crippen LogP contribution in [0, 0.1) is 0 Å². The van der Waals surface area contributed by atoms with E-state index in [4.69, 9.17) is 9.47 Å². The lowest BCUT2D eigenvalue weighted by Crippen LogP contribution is -2.12. The SMILES string of the molecule is CCCCCCCCc1cc2c(s1)NC(=O)CN=C2c1c(OC)cccc1OC. The predicted molar refractivity (Wildman–Crippen MR) is 120 cm³/mol. The van der Waals surface area contributed by atoms with Crippen LogP contribution in [-0.2, 0) is 11.2 Å². The van der Waals surface area contributed by atoms with Crippen molar-refractivity contribution in [3.63, 3.8) is 0 Å². The van der Waals surface area contributed by atoms with Gasteiger partial charge in [0.1, 0.15) is 23.0 Å². The molecule has 0 atom stereocenters. The molecule has 2 heterocycles. The first-order valence-corrected chi connectivity index (χ1v) is 11.2. The fraction of sp³-hybridized carbons (Fsp3) is 0.478. The number of fused-ring (bicyclic) bond motifs is 1. The number of benzene rings is 1. The Morgan fingerprint density at radius 1 is 1.07 bits per heavy atom. The average Bonchev–Trinajstić information content (AvgIpc) is 3.05. The van der Waals surface area contributed by atoms with Gasteiger partial charge in [-0.15, -0.1) is 11.3 Å². The Morgan fingerprint density at radius 2 is 1.76 bits per heavy atom. The molecule has 6 heteroatoms. The van der Waals surface area contributed by atoms with E-state index in [0.29, 0.717) is 11.5 Å². The molecule has 1 aromatic carbocycles. The summed E-state index contributed by atoms with van der Waals surface area (Å²) in [6.07, 6.45) is 8.64. The van der Waals surface area contributed by atoms with E-state index in [2.05, 4.69) is 23.3 Å². The minimum absolute atomic E-state index is 0.0880. The molecular weight excluding hydrogens is 384 g/mol. The summed E-state index contributed by atoms with van der Waals surface area (Å²) in [6, 6.07) is 7.84. The quantitative estimate of drug-likeness (QED) is 0.525. The molecule has 5 nitrogen and oxygen atoms in total. The number of methoxy groups -OCH3 is 2. The van der Waals surface area contributed by atoms with E-state index in [1.165, 1.54) is 43.4 Å². The highest BCUT2D eigenvalue weighted by atomic mass is 32.1. The van der Waals surface area contributed by atoms with Crippen molar-refractivity contribution in [1.29, 1.82) is 0 Å². The lowest BCUT2D eigenvalue weighted by Gasteiger charge is -2.14. The third-order valence-corrected chi connectivity index (χ3v) is 6.22. The van der Waals surface area contributed by atoms with Gasteiger partial charge in [-0.2, -0.15) is 0 Å². The van der Waals surface area contributed by atoms with E-state index in [1.54, 1.807) is 25.6 Å². The molecule has 0 aliphatic carbocycles. The summed E-state index contributed by atoms with van der Waals surface area (Å²) in [6.45, 7) is 2.33. The Labute approximate surface area is 177 Å². The summed E-state index contributed by atoms with van der Waals surface area (Å²) in [5.41, 5.74) is 2.49. The topological polar surface area (TPSA) is 59.9 Å². The molecule has 0 spiro atoms. The van der Waals surface area contributed by atoms with Crippen LogP contribution >= 0.6 is 11.3 Å². The zero-order chi connectivity index (χ0) is 20.6. The number of hydrogen-bond donors (Lipinski definition) is 1. The second kappa shape index (κ2) is 10.4. The maximum Gasteiger partial charge on any atom is 0.246 e. The number of hydrogen-bond acceptors (Lipinski definition) is 5. The number of rotatable bonds is 10.